The van der Waals surface area contributed by atoms with Crippen LogP contribution in [0.15, 0.2) is 67.1 Å². The summed E-state index contributed by atoms with van der Waals surface area (Å²) in [5.74, 6) is 0.475. The Balaban J connectivity index is 1.22. The maximum absolute atomic E-state index is 12.8. The maximum atomic E-state index is 12.8. The lowest BCUT2D eigenvalue weighted by atomic mass is 10.1. The van der Waals surface area contributed by atoms with E-state index < -0.39 is 0 Å². The van der Waals surface area contributed by atoms with Gasteiger partial charge >= 0.3 is 0 Å². The molecule has 0 aliphatic carbocycles. The molecule has 0 fully saturated rings. The smallest absolute Gasteiger partial charge is 0.261 e. The largest absolute Gasteiger partial charge is 0.361 e. The van der Waals surface area contributed by atoms with E-state index in [9.17, 15) is 4.79 Å². The number of carbonyl (C=O) groups excluding carboxylic acids is 1. The lowest BCUT2D eigenvalue weighted by molar-refractivity contribution is 0.0988. The van der Waals surface area contributed by atoms with Crippen molar-refractivity contribution in [2.75, 3.05) is 23.3 Å². The van der Waals surface area contributed by atoms with Crippen molar-refractivity contribution in [3.05, 3.63) is 83.8 Å². The van der Waals surface area contributed by atoms with Crippen molar-refractivity contribution in [2.45, 2.75) is 12.8 Å². The van der Waals surface area contributed by atoms with Gasteiger partial charge in [-0.2, -0.15) is 0 Å². The first-order valence-electron chi connectivity index (χ1n) is 9.80. The SMILES string of the molecule is O=C(c1cnc(NCCc2c[nH]c3ccccc23)nc1)N1CCc2ccccc21. The Kier molecular flexibility index (Phi) is 4.44. The monoisotopic (exact) mass is 383 g/mol. The van der Waals surface area contributed by atoms with Crippen LogP contribution in [-0.4, -0.2) is 33.9 Å². The zero-order valence-electron chi connectivity index (χ0n) is 15.9. The number of rotatable bonds is 5. The molecule has 0 bridgehead atoms. The second kappa shape index (κ2) is 7.39. The van der Waals surface area contributed by atoms with Crippen molar-refractivity contribution in [3.8, 4) is 0 Å². The van der Waals surface area contributed by atoms with Crippen molar-refractivity contribution >= 4 is 28.4 Å². The first-order valence-corrected chi connectivity index (χ1v) is 9.80. The number of para-hydroxylation sites is 2. The van der Waals surface area contributed by atoms with Gasteiger partial charge in [-0.1, -0.05) is 36.4 Å². The van der Waals surface area contributed by atoms with Gasteiger partial charge < -0.3 is 15.2 Å². The van der Waals surface area contributed by atoms with E-state index in [1.807, 2.05) is 36.5 Å². The molecular formula is C23H21N5O. The number of nitrogens with zero attached hydrogens (tertiary/aromatic N) is 3. The molecule has 1 amide bonds. The third-order valence-corrected chi connectivity index (χ3v) is 5.38. The fourth-order valence-electron chi connectivity index (χ4n) is 3.88. The van der Waals surface area contributed by atoms with Crippen LogP contribution < -0.4 is 10.2 Å². The second-order valence-electron chi connectivity index (χ2n) is 7.17. The molecule has 6 heteroatoms. The van der Waals surface area contributed by atoms with E-state index in [1.54, 1.807) is 17.3 Å². The third kappa shape index (κ3) is 3.33. The molecule has 2 aromatic carbocycles. The molecule has 2 N–H and O–H groups in total. The van der Waals surface area contributed by atoms with Crippen LogP contribution in [0.1, 0.15) is 21.5 Å². The normalized spacial score (nSPS) is 12.9. The van der Waals surface area contributed by atoms with Gasteiger partial charge in [-0.25, -0.2) is 9.97 Å². The molecule has 4 aromatic rings. The van der Waals surface area contributed by atoms with E-state index in [4.69, 9.17) is 0 Å². The molecule has 29 heavy (non-hydrogen) atoms. The number of aromatic amines is 1. The van der Waals surface area contributed by atoms with E-state index in [-0.39, 0.29) is 5.91 Å². The minimum Gasteiger partial charge on any atom is -0.361 e. The second-order valence-corrected chi connectivity index (χ2v) is 7.17. The van der Waals surface area contributed by atoms with Gasteiger partial charge in [0.25, 0.3) is 5.91 Å². The van der Waals surface area contributed by atoms with Gasteiger partial charge in [-0.15, -0.1) is 0 Å². The van der Waals surface area contributed by atoms with E-state index >= 15 is 0 Å². The Hall–Kier alpha value is -3.67. The van der Waals surface area contributed by atoms with Gasteiger partial charge in [-0.05, 0) is 36.1 Å². The van der Waals surface area contributed by atoms with Crippen LogP contribution in [-0.2, 0) is 12.8 Å². The lowest BCUT2D eigenvalue weighted by Gasteiger charge is -2.17. The quantitative estimate of drug-likeness (QED) is 0.550. The molecule has 3 heterocycles. The van der Waals surface area contributed by atoms with Crippen molar-refractivity contribution in [2.24, 2.45) is 0 Å². The summed E-state index contributed by atoms with van der Waals surface area (Å²) in [5.41, 5.74) is 5.09. The topological polar surface area (TPSA) is 73.9 Å². The van der Waals surface area contributed by atoms with Gasteiger partial charge in [0.2, 0.25) is 5.95 Å². The zero-order valence-corrected chi connectivity index (χ0v) is 15.9. The average Bonchev–Trinajstić information content (AvgIpc) is 3.38. The fourth-order valence-corrected chi connectivity index (χ4v) is 3.88. The highest BCUT2D eigenvalue weighted by molar-refractivity contribution is 6.07. The molecular weight excluding hydrogens is 362 g/mol. The van der Waals surface area contributed by atoms with Crippen LogP contribution in [0.4, 0.5) is 11.6 Å². The molecule has 0 unspecified atom stereocenters. The highest BCUT2D eigenvalue weighted by Gasteiger charge is 2.25. The summed E-state index contributed by atoms with van der Waals surface area (Å²) in [6, 6.07) is 16.3. The van der Waals surface area contributed by atoms with Gasteiger partial charge in [0.15, 0.2) is 0 Å². The number of nitrogens with one attached hydrogen (secondary N) is 2. The van der Waals surface area contributed by atoms with Crippen LogP contribution in [0.2, 0.25) is 0 Å². The Morgan fingerprint density at radius 3 is 2.76 bits per heavy atom. The van der Waals surface area contributed by atoms with Crippen LogP contribution in [0, 0.1) is 0 Å². The Morgan fingerprint density at radius 2 is 1.86 bits per heavy atom. The lowest BCUT2D eigenvalue weighted by Crippen LogP contribution is -2.29. The summed E-state index contributed by atoms with van der Waals surface area (Å²) in [7, 11) is 0. The number of anilines is 2. The molecule has 144 valence electrons. The molecule has 5 rings (SSSR count). The molecule has 6 nitrogen and oxygen atoms in total. The van der Waals surface area contributed by atoms with E-state index in [1.165, 1.54) is 16.5 Å². The number of hydrogen-bond acceptors (Lipinski definition) is 4. The summed E-state index contributed by atoms with van der Waals surface area (Å²) in [4.78, 5) is 26.6. The van der Waals surface area contributed by atoms with Crippen molar-refractivity contribution < 1.29 is 4.79 Å². The standard InChI is InChI=1S/C23H21N5O/c29-22(28-12-10-16-5-1-4-8-21(16)28)18-14-26-23(27-15-18)24-11-9-17-13-25-20-7-3-2-6-19(17)20/h1-8,13-15,25H,9-12H2,(H,24,26,27). The number of benzene rings is 2. The van der Waals surface area contributed by atoms with Crippen LogP contribution in [0.3, 0.4) is 0 Å². The number of aromatic nitrogens is 3. The molecule has 2 aromatic heterocycles. The van der Waals surface area contributed by atoms with Gasteiger partial charge in [-0.3, -0.25) is 4.79 Å². The minimum absolute atomic E-state index is 0.0553. The summed E-state index contributed by atoms with van der Waals surface area (Å²) < 4.78 is 0. The number of H-pyrrole nitrogens is 1. The molecule has 0 saturated heterocycles. The summed E-state index contributed by atoms with van der Waals surface area (Å²) >= 11 is 0. The van der Waals surface area contributed by atoms with Crippen LogP contribution in [0.5, 0.6) is 0 Å². The Labute approximate surface area is 168 Å². The minimum atomic E-state index is -0.0553. The van der Waals surface area contributed by atoms with E-state index in [0.717, 1.165) is 24.0 Å². The molecule has 1 aliphatic rings. The summed E-state index contributed by atoms with van der Waals surface area (Å²) in [5, 5.41) is 4.48. The number of fused-ring (bicyclic) bond motifs is 2. The molecule has 0 spiro atoms. The highest BCUT2D eigenvalue weighted by atomic mass is 16.2. The van der Waals surface area contributed by atoms with Gasteiger partial charge in [0.1, 0.15) is 0 Å². The molecule has 1 aliphatic heterocycles. The first-order chi connectivity index (χ1) is 14.3. The number of hydrogen-bond donors (Lipinski definition) is 2. The van der Waals surface area contributed by atoms with E-state index in [2.05, 4.69) is 38.5 Å². The fraction of sp³-hybridized carbons (Fsp3) is 0.174. The zero-order chi connectivity index (χ0) is 19.6. The predicted molar refractivity (Wildman–Crippen MR) is 114 cm³/mol. The molecule has 0 radical (unpaired) electrons. The molecule has 0 saturated carbocycles. The van der Waals surface area contributed by atoms with Crippen LogP contribution >= 0.6 is 0 Å². The van der Waals surface area contributed by atoms with Gasteiger partial charge in [0, 0.05) is 48.3 Å². The number of carbonyl (C=O) groups is 1. The van der Waals surface area contributed by atoms with Crippen molar-refractivity contribution in [1.82, 2.24) is 15.0 Å². The predicted octanol–water partition coefficient (Wildman–Crippen LogP) is 3.82. The third-order valence-electron chi connectivity index (χ3n) is 5.38. The van der Waals surface area contributed by atoms with E-state index in [0.29, 0.717) is 24.6 Å². The van der Waals surface area contributed by atoms with Crippen LogP contribution in [0.25, 0.3) is 10.9 Å². The highest BCUT2D eigenvalue weighted by Crippen LogP contribution is 2.28. The number of amides is 1. The first kappa shape index (κ1) is 17.4. The Bertz CT molecular complexity index is 1170. The van der Waals surface area contributed by atoms with Crippen molar-refractivity contribution in [3.63, 3.8) is 0 Å². The van der Waals surface area contributed by atoms with Crippen molar-refractivity contribution in [1.29, 1.82) is 0 Å². The summed E-state index contributed by atoms with van der Waals surface area (Å²) in [6.07, 6.45) is 6.99. The van der Waals surface area contributed by atoms with Gasteiger partial charge in [0.05, 0.1) is 5.56 Å². The Morgan fingerprint density at radius 1 is 1.07 bits per heavy atom. The summed E-state index contributed by atoms with van der Waals surface area (Å²) in [6.45, 7) is 1.41. The molecule has 0 atom stereocenters. The maximum Gasteiger partial charge on any atom is 0.261 e. The average molecular weight is 383 g/mol.